The van der Waals surface area contributed by atoms with Crippen molar-refractivity contribution in [2.45, 2.75) is 17.1 Å². The van der Waals surface area contributed by atoms with E-state index >= 15 is 0 Å². The van der Waals surface area contributed by atoms with Gasteiger partial charge in [-0.15, -0.1) is 23.1 Å². The van der Waals surface area contributed by atoms with E-state index in [1.165, 1.54) is 30.2 Å². The van der Waals surface area contributed by atoms with Crippen LogP contribution in [0.2, 0.25) is 5.02 Å². The van der Waals surface area contributed by atoms with Crippen molar-refractivity contribution < 1.29 is 14.3 Å². The molecular weight excluding hydrogens is 416 g/mol. The van der Waals surface area contributed by atoms with E-state index in [1.807, 2.05) is 23.6 Å². The lowest BCUT2D eigenvalue weighted by Gasteiger charge is -2.12. The second-order valence-corrected chi connectivity index (χ2v) is 8.46. The van der Waals surface area contributed by atoms with Crippen molar-refractivity contribution in [3.8, 4) is 11.3 Å². The zero-order valence-electron chi connectivity index (χ0n) is 15.1. The van der Waals surface area contributed by atoms with Gasteiger partial charge in [-0.25, -0.2) is 4.98 Å². The number of ether oxygens (including phenoxy) is 1. The topological polar surface area (TPSA) is 68.3 Å². The number of hydrogen-bond donors (Lipinski definition) is 1. The number of thiazole rings is 1. The highest BCUT2D eigenvalue weighted by atomic mass is 35.5. The summed E-state index contributed by atoms with van der Waals surface area (Å²) in [5.74, 6) is -0.620. The molecule has 8 heteroatoms. The monoisotopic (exact) mass is 432 g/mol. The fraction of sp³-hybridized carbons (Fsp3) is 0.150. The van der Waals surface area contributed by atoms with Crippen LogP contribution in [0.3, 0.4) is 0 Å². The molecule has 0 radical (unpaired) electrons. The summed E-state index contributed by atoms with van der Waals surface area (Å²) in [7, 11) is 1.35. The highest BCUT2D eigenvalue weighted by Crippen LogP contribution is 2.30. The SMILES string of the molecule is COC(=O)C(C)Sc1ccccc1C(=O)Nc1nc(-c2ccc(Cl)cc2)cs1. The van der Waals surface area contributed by atoms with E-state index in [1.54, 1.807) is 37.3 Å². The van der Waals surface area contributed by atoms with Crippen LogP contribution in [0.4, 0.5) is 5.13 Å². The highest BCUT2D eigenvalue weighted by molar-refractivity contribution is 8.00. The first kappa shape index (κ1) is 20.4. The summed E-state index contributed by atoms with van der Waals surface area (Å²) in [6.45, 7) is 1.74. The van der Waals surface area contributed by atoms with E-state index < -0.39 is 5.25 Å². The lowest BCUT2D eigenvalue weighted by molar-refractivity contribution is -0.139. The van der Waals surface area contributed by atoms with Crippen LogP contribution in [0.25, 0.3) is 11.3 Å². The molecule has 1 heterocycles. The van der Waals surface area contributed by atoms with Gasteiger partial charge in [-0.1, -0.05) is 35.9 Å². The van der Waals surface area contributed by atoms with Gasteiger partial charge in [0.15, 0.2) is 5.13 Å². The second kappa shape index (κ2) is 9.23. The number of methoxy groups -OCH3 is 1. The number of rotatable bonds is 6. The summed E-state index contributed by atoms with van der Waals surface area (Å²) in [4.78, 5) is 29.6. The molecule has 28 heavy (non-hydrogen) atoms. The number of esters is 1. The summed E-state index contributed by atoms with van der Waals surface area (Å²) >= 11 is 8.54. The van der Waals surface area contributed by atoms with E-state index in [9.17, 15) is 9.59 Å². The number of hydrogen-bond acceptors (Lipinski definition) is 6. The Hall–Kier alpha value is -2.35. The number of carbonyl (C=O) groups excluding carboxylic acids is 2. The van der Waals surface area contributed by atoms with Crippen molar-refractivity contribution in [2.24, 2.45) is 0 Å². The molecule has 3 aromatic rings. The molecule has 0 bridgehead atoms. The van der Waals surface area contributed by atoms with Gasteiger partial charge < -0.3 is 4.74 Å². The Bertz CT molecular complexity index is 989. The predicted octanol–water partition coefficient (Wildman–Crippen LogP) is 5.37. The van der Waals surface area contributed by atoms with E-state index in [2.05, 4.69) is 10.3 Å². The van der Waals surface area contributed by atoms with Crippen LogP contribution in [0, 0.1) is 0 Å². The van der Waals surface area contributed by atoms with E-state index in [4.69, 9.17) is 16.3 Å². The summed E-state index contributed by atoms with van der Waals surface area (Å²) in [6.07, 6.45) is 0. The number of aromatic nitrogens is 1. The number of anilines is 1. The van der Waals surface area contributed by atoms with Crippen LogP contribution in [0.5, 0.6) is 0 Å². The average molecular weight is 433 g/mol. The molecule has 1 N–H and O–H groups in total. The maximum absolute atomic E-state index is 12.8. The second-order valence-electron chi connectivity index (χ2n) is 5.78. The summed E-state index contributed by atoms with van der Waals surface area (Å²) in [5, 5.41) is 5.43. The fourth-order valence-electron chi connectivity index (χ4n) is 2.41. The van der Waals surface area contributed by atoms with Crippen LogP contribution >= 0.6 is 34.7 Å². The van der Waals surface area contributed by atoms with Crippen LogP contribution < -0.4 is 5.32 Å². The average Bonchev–Trinajstić information content (AvgIpc) is 3.16. The molecule has 0 fully saturated rings. The number of benzene rings is 2. The van der Waals surface area contributed by atoms with E-state index in [-0.39, 0.29) is 11.9 Å². The first-order valence-corrected chi connectivity index (χ1v) is 10.5. The number of nitrogens with zero attached hydrogens (tertiary/aromatic N) is 1. The molecule has 0 aliphatic carbocycles. The molecule has 5 nitrogen and oxygen atoms in total. The van der Waals surface area contributed by atoms with Gasteiger partial charge in [0.2, 0.25) is 0 Å². The van der Waals surface area contributed by atoms with Crippen molar-refractivity contribution in [3.63, 3.8) is 0 Å². The quantitative estimate of drug-likeness (QED) is 0.419. The number of nitrogens with one attached hydrogen (secondary N) is 1. The molecule has 0 saturated carbocycles. The zero-order chi connectivity index (χ0) is 20.1. The molecule has 0 spiro atoms. The number of carbonyl (C=O) groups is 2. The molecule has 0 aliphatic rings. The molecule has 0 aliphatic heterocycles. The largest absolute Gasteiger partial charge is 0.468 e. The Labute approximate surface area is 176 Å². The van der Waals surface area contributed by atoms with Crippen molar-refractivity contribution in [3.05, 3.63) is 64.5 Å². The zero-order valence-corrected chi connectivity index (χ0v) is 17.5. The highest BCUT2D eigenvalue weighted by Gasteiger charge is 2.19. The summed E-state index contributed by atoms with van der Waals surface area (Å²) in [5.41, 5.74) is 2.16. The minimum absolute atomic E-state index is 0.280. The molecule has 3 rings (SSSR count). The van der Waals surface area contributed by atoms with Crippen LogP contribution in [0.1, 0.15) is 17.3 Å². The fourth-order valence-corrected chi connectivity index (χ4v) is 4.27. The molecule has 1 amide bonds. The van der Waals surface area contributed by atoms with E-state index in [0.717, 1.165) is 11.3 Å². The Morgan fingerprint density at radius 1 is 1.18 bits per heavy atom. The van der Waals surface area contributed by atoms with Crippen molar-refractivity contribution in [1.29, 1.82) is 0 Å². The van der Waals surface area contributed by atoms with Gasteiger partial charge in [-0.3, -0.25) is 14.9 Å². The van der Waals surface area contributed by atoms with Gasteiger partial charge in [0.25, 0.3) is 5.91 Å². The van der Waals surface area contributed by atoms with Crippen molar-refractivity contribution in [1.82, 2.24) is 4.98 Å². The lowest BCUT2D eigenvalue weighted by Crippen LogP contribution is -2.17. The first-order valence-electron chi connectivity index (χ1n) is 8.34. The van der Waals surface area contributed by atoms with Crippen molar-refractivity contribution >= 4 is 51.7 Å². The van der Waals surface area contributed by atoms with Crippen molar-refractivity contribution in [2.75, 3.05) is 12.4 Å². The predicted molar refractivity (Wildman–Crippen MR) is 114 cm³/mol. The Morgan fingerprint density at radius 3 is 2.61 bits per heavy atom. The molecule has 144 valence electrons. The van der Waals surface area contributed by atoms with Crippen LogP contribution in [-0.4, -0.2) is 29.2 Å². The van der Waals surface area contributed by atoms with Gasteiger partial charge in [0.1, 0.15) is 5.25 Å². The van der Waals surface area contributed by atoms with Gasteiger partial charge in [0.05, 0.1) is 18.4 Å². The summed E-state index contributed by atoms with van der Waals surface area (Å²) in [6, 6.07) is 14.5. The van der Waals surface area contributed by atoms with Gasteiger partial charge >= 0.3 is 5.97 Å². The molecular formula is C20H17ClN2O3S2. The van der Waals surface area contributed by atoms with E-state index in [0.29, 0.717) is 20.6 Å². The maximum atomic E-state index is 12.8. The molecule has 0 saturated heterocycles. The third kappa shape index (κ3) is 4.92. The minimum Gasteiger partial charge on any atom is -0.468 e. The molecule has 2 aromatic carbocycles. The third-order valence-electron chi connectivity index (χ3n) is 3.83. The van der Waals surface area contributed by atoms with Gasteiger partial charge in [-0.2, -0.15) is 0 Å². The van der Waals surface area contributed by atoms with Gasteiger partial charge in [0, 0.05) is 20.9 Å². The molecule has 1 atom stereocenters. The Morgan fingerprint density at radius 2 is 1.89 bits per heavy atom. The van der Waals surface area contributed by atoms with Gasteiger partial charge in [-0.05, 0) is 31.2 Å². The first-order chi connectivity index (χ1) is 13.5. The number of amides is 1. The summed E-state index contributed by atoms with van der Waals surface area (Å²) < 4.78 is 4.76. The third-order valence-corrected chi connectivity index (χ3v) is 6.00. The minimum atomic E-state index is -0.421. The normalized spacial score (nSPS) is 11.7. The standard InChI is InChI=1S/C20H17ClN2O3S2/c1-12(19(25)26-2)28-17-6-4-3-5-15(17)18(24)23-20-22-16(11-27-20)13-7-9-14(21)10-8-13/h3-12H,1-2H3,(H,22,23,24). The number of thioether (sulfide) groups is 1. The Kier molecular flexibility index (Phi) is 6.72. The number of halogens is 1. The molecule has 1 unspecified atom stereocenters. The Balaban J connectivity index is 1.75. The maximum Gasteiger partial charge on any atom is 0.318 e. The molecule has 1 aromatic heterocycles. The van der Waals surface area contributed by atoms with Crippen LogP contribution in [0.15, 0.2) is 58.8 Å². The smallest absolute Gasteiger partial charge is 0.318 e. The lowest BCUT2D eigenvalue weighted by atomic mass is 10.2. The van der Waals surface area contributed by atoms with Crippen LogP contribution in [-0.2, 0) is 9.53 Å².